The van der Waals surface area contributed by atoms with Crippen LogP contribution in [0.4, 0.5) is 17.3 Å². The maximum atomic E-state index is 12.9. The van der Waals surface area contributed by atoms with Crippen molar-refractivity contribution in [1.29, 1.82) is 0 Å². The predicted octanol–water partition coefficient (Wildman–Crippen LogP) is 1.56. The number of nitrogens with one attached hydrogen (secondary N) is 3. The van der Waals surface area contributed by atoms with E-state index in [1.54, 1.807) is 30.6 Å². The van der Waals surface area contributed by atoms with E-state index < -0.39 is 10.0 Å². The lowest BCUT2D eigenvalue weighted by molar-refractivity contribution is 0.301. The minimum atomic E-state index is -3.78. The lowest BCUT2D eigenvalue weighted by Crippen LogP contribution is -2.44. The van der Waals surface area contributed by atoms with Crippen molar-refractivity contribution >= 4 is 50.4 Å². The minimum absolute atomic E-state index is 0.0464. The first-order valence-corrected chi connectivity index (χ1v) is 14.6. The van der Waals surface area contributed by atoms with Crippen LogP contribution in [0.2, 0.25) is 0 Å². The van der Waals surface area contributed by atoms with E-state index in [1.165, 1.54) is 16.7 Å². The summed E-state index contributed by atoms with van der Waals surface area (Å²) in [6.07, 6.45) is 12.5. The van der Waals surface area contributed by atoms with E-state index >= 15 is 0 Å². The zero-order valence-electron chi connectivity index (χ0n) is 20.7. The summed E-state index contributed by atoms with van der Waals surface area (Å²) in [5.74, 6) is 0.402. The molecule has 1 aromatic heterocycles. The minimum Gasteiger partial charge on any atom is -0.395 e. The van der Waals surface area contributed by atoms with E-state index in [1.807, 2.05) is 17.1 Å². The van der Waals surface area contributed by atoms with Crippen molar-refractivity contribution in [3.05, 3.63) is 64.9 Å². The van der Waals surface area contributed by atoms with Crippen LogP contribution in [0.5, 0.6) is 0 Å². The Labute approximate surface area is 226 Å². The number of nitrogens with two attached hydrogens (primary N) is 1. The lowest BCUT2D eigenvalue weighted by Gasteiger charge is -2.31. The molecule has 1 saturated heterocycles. The summed E-state index contributed by atoms with van der Waals surface area (Å²) in [5.41, 5.74) is 9.04. The second-order valence-corrected chi connectivity index (χ2v) is 11.7. The van der Waals surface area contributed by atoms with Gasteiger partial charge >= 0.3 is 0 Å². The number of fused-ring (bicyclic) bond motifs is 1. The Morgan fingerprint density at radius 1 is 1.21 bits per heavy atom. The number of anilines is 3. The number of thioether (sulfide) groups is 1. The maximum Gasteiger partial charge on any atom is 0.242 e. The molecule has 6 N–H and O–H groups in total. The van der Waals surface area contributed by atoms with Crippen LogP contribution in [0.1, 0.15) is 12.0 Å². The summed E-state index contributed by atoms with van der Waals surface area (Å²) < 4.78 is 28.2. The Bertz CT molecular complexity index is 1400. The van der Waals surface area contributed by atoms with E-state index in [4.69, 9.17) is 10.8 Å². The largest absolute Gasteiger partial charge is 0.395 e. The van der Waals surface area contributed by atoms with Crippen molar-refractivity contribution in [1.82, 2.24) is 20.0 Å². The first-order valence-electron chi connectivity index (χ1n) is 12.3. The third-order valence-corrected chi connectivity index (χ3v) is 8.67. The number of benzene rings is 1. The Balaban J connectivity index is 1.29. The van der Waals surface area contributed by atoms with E-state index in [2.05, 4.69) is 42.5 Å². The second-order valence-electron chi connectivity index (χ2n) is 8.91. The van der Waals surface area contributed by atoms with Gasteiger partial charge in [-0.3, -0.25) is 4.99 Å². The first-order chi connectivity index (χ1) is 18.4. The van der Waals surface area contributed by atoms with Crippen molar-refractivity contribution < 1.29 is 13.5 Å². The molecule has 3 heterocycles. The fraction of sp³-hybridized carbons (Fsp3) is 0.320. The number of aliphatic imine (C=N–C) groups is 1. The van der Waals surface area contributed by atoms with Crippen molar-refractivity contribution in [3.8, 4) is 0 Å². The Hall–Kier alpha value is -3.23. The number of rotatable bonds is 9. The van der Waals surface area contributed by atoms with Gasteiger partial charge in [0, 0.05) is 61.3 Å². The van der Waals surface area contributed by atoms with Gasteiger partial charge in [-0.1, -0.05) is 30.0 Å². The fourth-order valence-corrected chi connectivity index (χ4v) is 6.48. The van der Waals surface area contributed by atoms with Gasteiger partial charge in [-0.05, 0) is 36.3 Å². The highest BCUT2D eigenvalue weighted by atomic mass is 32.2. The Kier molecular flexibility index (Phi) is 8.09. The molecule has 1 fully saturated rings. The van der Waals surface area contributed by atoms with Crippen LogP contribution in [0, 0.1) is 0 Å². The number of hydrogen-bond acceptors (Lipinski definition) is 11. The van der Waals surface area contributed by atoms with Gasteiger partial charge in [0.15, 0.2) is 5.17 Å². The summed E-state index contributed by atoms with van der Waals surface area (Å²) >= 11 is 1.52. The molecule has 2 aliphatic heterocycles. The molecule has 0 saturated carbocycles. The third kappa shape index (κ3) is 6.25. The Morgan fingerprint density at radius 3 is 2.76 bits per heavy atom. The summed E-state index contributed by atoms with van der Waals surface area (Å²) in [5, 5.41) is 16.1. The van der Waals surface area contributed by atoms with Crippen LogP contribution in [0.25, 0.3) is 6.08 Å². The van der Waals surface area contributed by atoms with Gasteiger partial charge in [-0.25, -0.2) is 23.1 Å². The maximum absolute atomic E-state index is 12.9. The highest BCUT2D eigenvalue weighted by molar-refractivity contribution is 8.17. The lowest BCUT2D eigenvalue weighted by atomic mass is 10.0. The van der Waals surface area contributed by atoms with Gasteiger partial charge < -0.3 is 26.4 Å². The second kappa shape index (κ2) is 11.7. The van der Waals surface area contributed by atoms with Crippen LogP contribution in [-0.4, -0.2) is 74.0 Å². The topological polar surface area (TPSA) is 158 Å². The Morgan fingerprint density at radius 2 is 2.00 bits per heavy atom. The van der Waals surface area contributed by atoms with Gasteiger partial charge in [-0.15, -0.1) is 0 Å². The van der Waals surface area contributed by atoms with Gasteiger partial charge in [0.2, 0.25) is 16.0 Å². The molecule has 1 aliphatic carbocycles. The van der Waals surface area contributed by atoms with Gasteiger partial charge in [0.05, 0.1) is 18.3 Å². The number of nitrogens with zero attached hydrogens (tertiary/aromatic N) is 4. The van der Waals surface area contributed by atoms with Crippen LogP contribution >= 0.6 is 11.8 Å². The van der Waals surface area contributed by atoms with Gasteiger partial charge in [0.1, 0.15) is 4.90 Å². The molecule has 0 amide bonds. The quantitative estimate of drug-likeness (QED) is 0.308. The summed E-state index contributed by atoms with van der Waals surface area (Å²) in [7, 11) is -3.78. The molecule has 1 atom stereocenters. The smallest absolute Gasteiger partial charge is 0.242 e. The van der Waals surface area contributed by atoms with Crippen molar-refractivity contribution in [3.63, 3.8) is 0 Å². The molecule has 3 aliphatic rings. The van der Waals surface area contributed by atoms with Crippen LogP contribution < -0.4 is 26.0 Å². The molecule has 11 nitrogen and oxygen atoms in total. The normalized spacial score (nSPS) is 19.7. The van der Waals surface area contributed by atoms with Gasteiger partial charge in [-0.2, -0.15) is 0 Å². The molecule has 200 valence electrons. The van der Waals surface area contributed by atoms with Crippen molar-refractivity contribution in [2.24, 2.45) is 10.7 Å². The molecular formula is C25H30N8O3S2. The van der Waals surface area contributed by atoms with E-state index in [-0.39, 0.29) is 24.1 Å². The monoisotopic (exact) mass is 554 g/mol. The summed E-state index contributed by atoms with van der Waals surface area (Å²) in [6.45, 7) is 2.55. The van der Waals surface area contributed by atoms with Crippen molar-refractivity contribution in [2.75, 3.05) is 49.5 Å². The number of piperazine rings is 1. The van der Waals surface area contributed by atoms with Gasteiger partial charge in [0.25, 0.3) is 0 Å². The molecular weight excluding hydrogens is 524 g/mol. The van der Waals surface area contributed by atoms with E-state index in [0.29, 0.717) is 35.6 Å². The van der Waals surface area contributed by atoms with E-state index in [9.17, 15) is 8.42 Å². The number of aliphatic hydroxyl groups excluding tert-OH is 1. The zero-order chi connectivity index (χ0) is 26.5. The molecule has 2 aromatic rings. The predicted molar refractivity (Wildman–Crippen MR) is 152 cm³/mol. The zero-order valence-corrected chi connectivity index (χ0v) is 22.3. The van der Waals surface area contributed by atoms with Crippen LogP contribution in [0.3, 0.4) is 0 Å². The highest BCUT2D eigenvalue weighted by Gasteiger charge is 2.25. The van der Waals surface area contributed by atoms with Crippen molar-refractivity contribution in [2.45, 2.75) is 17.4 Å². The first kappa shape index (κ1) is 26.4. The summed E-state index contributed by atoms with van der Waals surface area (Å²) in [6, 6.07) is 5.20. The van der Waals surface area contributed by atoms with E-state index in [0.717, 1.165) is 30.6 Å². The van der Waals surface area contributed by atoms with Crippen LogP contribution in [0.15, 0.2) is 69.2 Å². The number of aromatic nitrogens is 2. The standard InChI is InChI=1S/C25H30N8O3S2/c26-24-32-20-5-3-17(13-22(20)37-24)1-2-18-15-28-25(29-16-18)31-19-4-6-23(38(35,36)30-9-12-34)21(14-19)33-10-7-27-8-11-33/h1-4,6,13-16,20,27,30,34H,5,7-12H2,(H2,26,32)(H,28,29,31)/b2-1+. The molecule has 38 heavy (non-hydrogen) atoms. The molecule has 0 spiro atoms. The molecule has 1 unspecified atom stereocenters. The number of aliphatic hydroxyl groups is 1. The fourth-order valence-electron chi connectivity index (χ4n) is 4.36. The highest BCUT2D eigenvalue weighted by Crippen LogP contribution is 2.35. The SMILES string of the molecule is NC1=NC2CC=C(/C=C/c3cnc(Nc4ccc(S(=O)(=O)NCCO)c(N5CCNCC5)c4)nc3)C=C2S1. The third-order valence-electron chi connectivity index (χ3n) is 6.23. The number of allylic oxidation sites excluding steroid dienone is 3. The molecule has 13 heteroatoms. The average Bonchev–Trinajstić information content (AvgIpc) is 3.31. The van der Waals surface area contributed by atoms with Crippen LogP contribution in [-0.2, 0) is 10.0 Å². The molecule has 0 radical (unpaired) electrons. The molecule has 1 aromatic carbocycles. The molecule has 5 rings (SSSR count). The number of sulfonamides is 1. The number of hydrogen-bond donors (Lipinski definition) is 5. The summed E-state index contributed by atoms with van der Waals surface area (Å²) in [4.78, 5) is 16.6. The average molecular weight is 555 g/mol. The molecule has 0 bridgehead atoms. The number of amidine groups is 1.